The van der Waals surface area contributed by atoms with Crippen LogP contribution < -0.4 is 18.9 Å². The first kappa shape index (κ1) is 24.0. The second-order valence-electron chi connectivity index (χ2n) is 3.48. The van der Waals surface area contributed by atoms with E-state index in [0.717, 1.165) is 19.3 Å². The van der Waals surface area contributed by atoms with Crippen LogP contribution in [0.15, 0.2) is 30.3 Å². The van der Waals surface area contributed by atoms with E-state index in [2.05, 4.69) is 24.3 Å². The zero-order valence-electron chi connectivity index (χ0n) is 12.4. The number of hydrogen-bond donors (Lipinski definition) is 0. The molecule has 0 aromatic heterocycles. The maximum absolute atomic E-state index is 9.30. The molecule has 0 radical (unpaired) electrons. The van der Waals surface area contributed by atoms with E-state index < -0.39 is 0 Å². The molecule has 3 nitrogen and oxygen atoms in total. The fourth-order valence-electron chi connectivity index (χ4n) is 0.438. The van der Waals surface area contributed by atoms with Crippen LogP contribution in [0, 0.1) is 0 Å². The van der Waals surface area contributed by atoms with Crippen LogP contribution in [0.2, 0.25) is 0 Å². The van der Waals surface area contributed by atoms with Crippen molar-refractivity contribution in [1.82, 2.24) is 0 Å². The van der Waals surface area contributed by atoms with E-state index in [1.54, 1.807) is 0 Å². The van der Waals surface area contributed by atoms with Gasteiger partial charge in [-0.3, -0.25) is 0 Å². The van der Waals surface area contributed by atoms with Crippen molar-refractivity contribution >= 4 is 26.1 Å². The quantitative estimate of drug-likeness (QED) is 0.687. The SMILES string of the molecule is CCC[O-].CCC[O-].CCC[O-].[Sn+3][c]1ccccc1. The Morgan fingerprint density at radius 3 is 1.11 bits per heavy atom. The molecule has 0 unspecified atom stereocenters. The standard InChI is InChI=1S/C6H5.3C3H7O.Sn/c1-2-4-6-5-3-1;3*1-2-3-4;/h1-5H;3*2-3H2,1H3;/q;3*-1;+3. The maximum atomic E-state index is 9.30. The fraction of sp³-hybridized carbons (Fsp3) is 0.600. The summed E-state index contributed by atoms with van der Waals surface area (Å²) < 4.78 is 1.41. The predicted molar refractivity (Wildman–Crippen MR) is 77.3 cm³/mol. The van der Waals surface area contributed by atoms with E-state index in [-0.39, 0.29) is 19.8 Å². The molecule has 0 saturated carbocycles. The normalized spacial score (nSPS) is 8.00. The Morgan fingerprint density at radius 1 is 0.737 bits per heavy atom. The molecule has 0 heterocycles. The van der Waals surface area contributed by atoms with E-state index in [0.29, 0.717) is 0 Å². The molecule has 0 fully saturated rings. The second kappa shape index (κ2) is 26.5. The summed E-state index contributed by atoms with van der Waals surface area (Å²) in [6.07, 6.45) is 2.29. The Bertz CT molecular complexity index is 202. The van der Waals surface area contributed by atoms with Crippen LogP contribution >= 0.6 is 0 Å². The van der Waals surface area contributed by atoms with Crippen molar-refractivity contribution < 1.29 is 15.3 Å². The summed E-state index contributed by atoms with van der Waals surface area (Å²) in [4.78, 5) is 0. The molecular weight excluding hydrogens is 347 g/mol. The van der Waals surface area contributed by atoms with Gasteiger partial charge in [-0.2, -0.15) is 0 Å². The van der Waals surface area contributed by atoms with Gasteiger partial charge in [-0.1, -0.05) is 40.0 Å². The van der Waals surface area contributed by atoms with Gasteiger partial charge in [-0.15, -0.1) is 19.8 Å². The van der Waals surface area contributed by atoms with E-state index in [9.17, 15) is 15.3 Å². The minimum atomic E-state index is 0.0694. The minimum absolute atomic E-state index is 0.0694. The first-order valence-corrected chi connectivity index (χ1v) is 8.08. The van der Waals surface area contributed by atoms with Gasteiger partial charge < -0.3 is 15.3 Å². The average molecular weight is 373 g/mol. The van der Waals surface area contributed by atoms with Crippen LogP contribution in [0.1, 0.15) is 40.0 Å². The molecule has 0 aliphatic rings. The van der Waals surface area contributed by atoms with E-state index >= 15 is 0 Å². The Morgan fingerprint density at radius 2 is 1.00 bits per heavy atom. The molecule has 0 N–H and O–H groups in total. The van der Waals surface area contributed by atoms with Crippen molar-refractivity contribution in [2.75, 3.05) is 19.8 Å². The third kappa shape index (κ3) is 38.1. The van der Waals surface area contributed by atoms with Crippen LogP contribution in [0.5, 0.6) is 0 Å². The summed E-state index contributed by atoms with van der Waals surface area (Å²) >= 11 is 1.49. The van der Waals surface area contributed by atoms with Gasteiger partial charge in [-0.25, -0.2) is 0 Å². The van der Waals surface area contributed by atoms with Crippen LogP contribution in [0.3, 0.4) is 0 Å². The molecule has 4 heteroatoms. The summed E-state index contributed by atoms with van der Waals surface area (Å²) in [5.41, 5.74) is 0. The average Bonchev–Trinajstić information content (AvgIpc) is 2.48. The molecule has 0 bridgehead atoms. The third-order valence-electron chi connectivity index (χ3n) is 1.39. The van der Waals surface area contributed by atoms with Crippen LogP contribution in [0.25, 0.3) is 0 Å². The van der Waals surface area contributed by atoms with E-state index in [1.807, 2.05) is 26.8 Å². The van der Waals surface area contributed by atoms with Crippen molar-refractivity contribution in [3.63, 3.8) is 0 Å². The number of hydrogen-bond acceptors (Lipinski definition) is 3. The van der Waals surface area contributed by atoms with E-state index in [1.165, 1.54) is 26.1 Å². The molecule has 19 heavy (non-hydrogen) atoms. The van der Waals surface area contributed by atoms with Crippen molar-refractivity contribution in [1.29, 1.82) is 0 Å². The summed E-state index contributed by atoms with van der Waals surface area (Å²) in [7, 11) is 0. The van der Waals surface area contributed by atoms with Crippen LogP contribution in [-0.2, 0) is 0 Å². The predicted octanol–water partition coefficient (Wildman–Crippen LogP) is -0.249. The van der Waals surface area contributed by atoms with Crippen molar-refractivity contribution in [2.24, 2.45) is 0 Å². The van der Waals surface area contributed by atoms with Crippen molar-refractivity contribution in [3.05, 3.63) is 30.3 Å². The monoisotopic (exact) mass is 374 g/mol. The second-order valence-corrected chi connectivity index (χ2v) is 5.13. The Kier molecular flexibility index (Phi) is 33.4. The molecule has 108 valence electrons. The number of rotatable bonds is 3. The molecule has 0 atom stereocenters. The first-order valence-electron chi connectivity index (χ1n) is 6.65. The summed E-state index contributed by atoms with van der Waals surface area (Å²) in [6, 6.07) is 10.4. The van der Waals surface area contributed by atoms with E-state index in [4.69, 9.17) is 0 Å². The molecule has 1 aromatic carbocycles. The number of benzene rings is 1. The van der Waals surface area contributed by atoms with Gasteiger partial charge in [0.1, 0.15) is 0 Å². The molecule has 0 aliphatic heterocycles. The summed E-state index contributed by atoms with van der Waals surface area (Å²) in [5, 5.41) is 27.9. The van der Waals surface area contributed by atoms with Gasteiger partial charge in [0.15, 0.2) is 0 Å². The third-order valence-corrected chi connectivity index (χ3v) is 2.34. The Hall–Kier alpha value is -0.101. The van der Waals surface area contributed by atoms with Gasteiger partial charge in [0.2, 0.25) is 0 Å². The Balaban J connectivity index is -0.000000189. The van der Waals surface area contributed by atoms with Crippen LogP contribution in [0.4, 0.5) is 0 Å². The summed E-state index contributed by atoms with van der Waals surface area (Å²) in [6.45, 7) is 5.81. The van der Waals surface area contributed by atoms with Crippen molar-refractivity contribution in [3.8, 4) is 0 Å². The summed E-state index contributed by atoms with van der Waals surface area (Å²) in [5.74, 6) is 0. The van der Waals surface area contributed by atoms with Gasteiger partial charge in [0, 0.05) is 0 Å². The molecule has 0 saturated heterocycles. The zero-order chi connectivity index (χ0) is 15.4. The van der Waals surface area contributed by atoms with Gasteiger partial charge in [0.05, 0.1) is 0 Å². The first-order chi connectivity index (χ1) is 9.14. The van der Waals surface area contributed by atoms with Crippen LogP contribution in [-0.4, -0.2) is 42.3 Å². The zero-order valence-corrected chi connectivity index (χ0v) is 15.2. The van der Waals surface area contributed by atoms with Gasteiger partial charge in [-0.05, 0) is 0 Å². The fourth-order valence-corrected chi connectivity index (χ4v) is 0.987. The topological polar surface area (TPSA) is 69.2 Å². The van der Waals surface area contributed by atoms with Gasteiger partial charge in [0.25, 0.3) is 0 Å². The molecular formula is C15H26O3Sn. The van der Waals surface area contributed by atoms with Crippen molar-refractivity contribution in [2.45, 2.75) is 40.0 Å². The van der Waals surface area contributed by atoms with Gasteiger partial charge >= 0.3 is 56.4 Å². The molecule has 1 rings (SSSR count). The molecule has 0 spiro atoms. The molecule has 0 amide bonds. The Labute approximate surface area is 131 Å². The molecule has 0 aliphatic carbocycles. The molecule has 1 aromatic rings.